The van der Waals surface area contributed by atoms with E-state index in [1.54, 1.807) is 0 Å². The molecule has 4 rings (SSSR count). The van der Waals surface area contributed by atoms with Crippen LogP contribution in [0, 0.1) is 5.95 Å². The second-order valence-corrected chi connectivity index (χ2v) is 9.94. The number of aromatic nitrogens is 2. The Morgan fingerprint density at radius 2 is 1.88 bits per heavy atom. The van der Waals surface area contributed by atoms with Gasteiger partial charge in [0.15, 0.2) is 0 Å². The number of rotatable bonds is 7. The van der Waals surface area contributed by atoms with Crippen molar-refractivity contribution in [3.63, 3.8) is 0 Å². The first-order valence-corrected chi connectivity index (χ1v) is 12.4. The van der Waals surface area contributed by atoms with Crippen LogP contribution < -0.4 is 9.46 Å². The molecule has 0 radical (unpaired) electrons. The van der Waals surface area contributed by atoms with Crippen LogP contribution in [0.4, 0.5) is 10.2 Å². The molecule has 2 aromatic heterocycles. The second-order valence-electron chi connectivity index (χ2n) is 7.85. The fourth-order valence-electron chi connectivity index (χ4n) is 3.78. The van der Waals surface area contributed by atoms with Crippen LogP contribution in [0.1, 0.15) is 31.4 Å². The molecule has 1 aromatic carbocycles. The van der Waals surface area contributed by atoms with Crippen LogP contribution in [0.5, 0.6) is 5.88 Å². The molecule has 0 aliphatic carbocycles. The first-order valence-electron chi connectivity index (χ1n) is 10.6. The molecule has 3 aromatic rings. The quantitative estimate of drug-likeness (QED) is 0.484. The molecule has 1 unspecified atom stereocenters. The van der Waals surface area contributed by atoms with Crippen molar-refractivity contribution in [2.45, 2.75) is 36.8 Å². The summed E-state index contributed by atoms with van der Waals surface area (Å²) in [5.41, 5.74) is 1.28. The highest BCUT2D eigenvalue weighted by atomic mass is 35.5. The van der Waals surface area contributed by atoms with Crippen molar-refractivity contribution in [3.8, 4) is 5.88 Å². The number of sulfonamides is 1. The molecule has 0 spiro atoms. The third-order valence-electron chi connectivity index (χ3n) is 5.63. The van der Waals surface area contributed by atoms with Crippen molar-refractivity contribution < 1.29 is 17.5 Å². The molecule has 1 aliphatic rings. The molecule has 7 nitrogen and oxygen atoms in total. The smallest absolute Gasteiger partial charge is 0.264 e. The van der Waals surface area contributed by atoms with E-state index in [1.165, 1.54) is 23.8 Å². The van der Waals surface area contributed by atoms with Crippen LogP contribution in [-0.4, -0.2) is 42.5 Å². The number of hydrogen-bond acceptors (Lipinski definition) is 6. The van der Waals surface area contributed by atoms with E-state index in [1.807, 2.05) is 18.2 Å². The molecule has 0 bridgehead atoms. The first kappa shape index (κ1) is 23.4. The Bertz CT molecular complexity index is 1210. The summed E-state index contributed by atoms with van der Waals surface area (Å²) >= 11 is 6.28. The predicted molar refractivity (Wildman–Crippen MR) is 124 cm³/mol. The van der Waals surface area contributed by atoms with Gasteiger partial charge in [-0.3, -0.25) is 9.62 Å². The van der Waals surface area contributed by atoms with Gasteiger partial charge in [-0.2, -0.15) is 4.39 Å². The van der Waals surface area contributed by atoms with Gasteiger partial charge in [0.2, 0.25) is 11.8 Å². The minimum Gasteiger partial charge on any atom is -0.473 e. The van der Waals surface area contributed by atoms with Crippen LogP contribution in [0.2, 0.25) is 5.02 Å². The van der Waals surface area contributed by atoms with Crippen LogP contribution in [0.3, 0.4) is 0 Å². The van der Waals surface area contributed by atoms with Crippen molar-refractivity contribution in [3.05, 3.63) is 77.3 Å². The maximum atomic E-state index is 13.2. The Labute approximate surface area is 197 Å². The number of anilines is 1. The van der Waals surface area contributed by atoms with Crippen LogP contribution in [-0.2, 0) is 10.0 Å². The number of ether oxygens (including phenoxy) is 1. The molecular formula is C23H24ClFN4O3S. The minimum atomic E-state index is -4.03. The van der Waals surface area contributed by atoms with Crippen molar-refractivity contribution in [2.75, 3.05) is 17.8 Å². The second kappa shape index (κ2) is 10.0. The number of benzene rings is 1. The molecule has 33 heavy (non-hydrogen) atoms. The molecule has 1 saturated heterocycles. The van der Waals surface area contributed by atoms with E-state index in [-0.39, 0.29) is 27.7 Å². The van der Waals surface area contributed by atoms with Gasteiger partial charge in [0.25, 0.3) is 10.0 Å². The van der Waals surface area contributed by atoms with E-state index in [9.17, 15) is 12.8 Å². The largest absolute Gasteiger partial charge is 0.473 e. The Balaban J connectivity index is 1.37. The molecular weight excluding hydrogens is 467 g/mol. The predicted octanol–water partition coefficient (Wildman–Crippen LogP) is 4.67. The normalized spacial score (nSPS) is 16.3. The summed E-state index contributed by atoms with van der Waals surface area (Å²) in [6, 6.07) is 15.8. The molecule has 10 heteroatoms. The van der Waals surface area contributed by atoms with E-state index >= 15 is 0 Å². The fraction of sp³-hybridized carbons (Fsp3) is 0.304. The fourth-order valence-corrected chi connectivity index (χ4v) is 5.03. The number of halogens is 2. The van der Waals surface area contributed by atoms with Crippen LogP contribution >= 0.6 is 11.6 Å². The number of piperidine rings is 1. The Kier molecular flexibility index (Phi) is 7.11. The zero-order valence-corrected chi connectivity index (χ0v) is 19.6. The Morgan fingerprint density at radius 1 is 1.15 bits per heavy atom. The van der Waals surface area contributed by atoms with Gasteiger partial charge in [-0.15, -0.1) is 0 Å². The zero-order valence-electron chi connectivity index (χ0n) is 18.0. The van der Waals surface area contributed by atoms with Gasteiger partial charge in [0, 0.05) is 19.1 Å². The number of hydrogen-bond donors (Lipinski definition) is 1. The topological polar surface area (TPSA) is 84.4 Å². The first-order chi connectivity index (χ1) is 15.8. The lowest BCUT2D eigenvalue weighted by atomic mass is 10.0. The summed E-state index contributed by atoms with van der Waals surface area (Å²) in [4.78, 5) is 9.86. The molecule has 1 N–H and O–H groups in total. The summed E-state index contributed by atoms with van der Waals surface area (Å²) in [6.07, 6.45) is 2.71. The SMILES string of the molecule is CC(c1ccccc1)N1CCC(Oc2ncc(S(=O)(=O)Nc3cccc(F)n3)cc2Cl)CC1. The monoisotopic (exact) mass is 490 g/mol. The standard InChI is InChI=1S/C23H24ClFN4O3S/c1-16(17-6-3-2-4-7-17)29-12-10-18(11-13-29)32-23-20(24)14-19(15-26-23)33(30,31)28-22-9-5-8-21(25)27-22/h2-9,14-16,18H,10-13H2,1H3,(H,27,28). The average molecular weight is 491 g/mol. The van der Waals surface area contributed by atoms with E-state index in [0.717, 1.165) is 38.2 Å². The molecule has 1 atom stereocenters. The van der Waals surface area contributed by atoms with Crippen LogP contribution in [0.25, 0.3) is 0 Å². The van der Waals surface area contributed by atoms with Gasteiger partial charge >= 0.3 is 0 Å². The third-order valence-corrected chi connectivity index (χ3v) is 7.22. The van der Waals surface area contributed by atoms with Crippen molar-refractivity contribution in [1.82, 2.24) is 14.9 Å². The summed E-state index contributed by atoms with van der Waals surface area (Å²) in [6.45, 7) is 3.94. The number of likely N-dealkylation sites (tertiary alicyclic amines) is 1. The van der Waals surface area contributed by atoms with Gasteiger partial charge in [-0.1, -0.05) is 48.0 Å². The van der Waals surface area contributed by atoms with E-state index in [4.69, 9.17) is 16.3 Å². The summed E-state index contributed by atoms with van der Waals surface area (Å²) in [5.74, 6) is -0.740. The van der Waals surface area contributed by atoms with Crippen molar-refractivity contribution in [1.29, 1.82) is 0 Å². The maximum absolute atomic E-state index is 13.2. The minimum absolute atomic E-state index is 0.0636. The number of nitrogens with one attached hydrogen (secondary N) is 1. The molecule has 0 saturated carbocycles. The number of nitrogens with zero attached hydrogens (tertiary/aromatic N) is 3. The van der Waals surface area contributed by atoms with Gasteiger partial charge in [0.05, 0.1) is 6.20 Å². The van der Waals surface area contributed by atoms with Crippen LogP contribution in [0.15, 0.2) is 65.7 Å². The highest BCUT2D eigenvalue weighted by molar-refractivity contribution is 7.92. The van der Waals surface area contributed by atoms with Gasteiger partial charge < -0.3 is 4.74 Å². The van der Waals surface area contributed by atoms with Gasteiger partial charge in [0.1, 0.15) is 21.8 Å². The maximum Gasteiger partial charge on any atom is 0.264 e. The molecule has 174 valence electrons. The lowest BCUT2D eigenvalue weighted by Crippen LogP contribution is -2.39. The highest BCUT2D eigenvalue weighted by Crippen LogP contribution is 2.30. The lowest BCUT2D eigenvalue weighted by Gasteiger charge is -2.36. The molecule has 3 heterocycles. The zero-order chi connectivity index (χ0) is 23.4. The van der Waals surface area contributed by atoms with Gasteiger partial charge in [-0.25, -0.2) is 18.4 Å². The molecule has 1 fully saturated rings. The van der Waals surface area contributed by atoms with Crippen molar-refractivity contribution in [2.24, 2.45) is 0 Å². The highest BCUT2D eigenvalue weighted by Gasteiger charge is 2.26. The van der Waals surface area contributed by atoms with E-state index in [0.29, 0.717) is 6.04 Å². The summed E-state index contributed by atoms with van der Waals surface area (Å²) in [7, 11) is -4.03. The molecule has 0 amide bonds. The summed E-state index contributed by atoms with van der Waals surface area (Å²) < 4.78 is 46.6. The Morgan fingerprint density at radius 3 is 2.55 bits per heavy atom. The molecule has 1 aliphatic heterocycles. The Hall–Kier alpha value is -2.75. The van der Waals surface area contributed by atoms with Gasteiger partial charge in [-0.05, 0) is 43.5 Å². The lowest BCUT2D eigenvalue weighted by molar-refractivity contribution is 0.0768. The number of pyridine rings is 2. The van der Waals surface area contributed by atoms with Crippen molar-refractivity contribution >= 4 is 27.4 Å². The summed E-state index contributed by atoms with van der Waals surface area (Å²) in [5, 5.41) is 0.0881. The van der Waals surface area contributed by atoms with E-state index in [2.05, 4.69) is 38.6 Å². The van der Waals surface area contributed by atoms with E-state index < -0.39 is 16.0 Å². The third kappa shape index (κ3) is 5.79. The average Bonchev–Trinajstić information content (AvgIpc) is 2.80.